The van der Waals surface area contributed by atoms with E-state index in [0.29, 0.717) is 29.6 Å². The molecule has 4 heteroatoms. The van der Waals surface area contributed by atoms with Crippen molar-refractivity contribution in [1.82, 2.24) is 5.32 Å². The van der Waals surface area contributed by atoms with Gasteiger partial charge in [-0.05, 0) is 42.9 Å². The van der Waals surface area contributed by atoms with Crippen molar-refractivity contribution in [3.63, 3.8) is 0 Å². The van der Waals surface area contributed by atoms with Crippen LogP contribution in [-0.4, -0.2) is 24.2 Å². The van der Waals surface area contributed by atoms with Gasteiger partial charge in [0.25, 0.3) is 5.91 Å². The zero-order valence-electron chi connectivity index (χ0n) is 11.7. The molecule has 1 aromatic rings. The third-order valence-corrected chi connectivity index (χ3v) is 3.04. The molecule has 1 unspecified atom stereocenters. The Morgan fingerprint density at radius 2 is 2.16 bits per heavy atom. The van der Waals surface area contributed by atoms with Crippen LogP contribution in [0, 0.1) is 11.8 Å². The Morgan fingerprint density at radius 3 is 2.74 bits per heavy atom. The molecule has 0 aliphatic heterocycles. The Kier molecular flexibility index (Phi) is 6.36. The summed E-state index contributed by atoms with van der Waals surface area (Å²) in [7, 11) is 0. The van der Waals surface area contributed by atoms with E-state index in [0.717, 1.165) is 12.8 Å². The summed E-state index contributed by atoms with van der Waals surface area (Å²) in [6.45, 7) is 5.03. The van der Waals surface area contributed by atoms with Crippen molar-refractivity contribution in [3.8, 4) is 0 Å². The molecule has 0 fully saturated rings. The number of hydrogen-bond donors (Lipinski definition) is 3. The van der Waals surface area contributed by atoms with Crippen molar-refractivity contribution < 1.29 is 9.90 Å². The Bertz CT molecular complexity index is 405. The lowest BCUT2D eigenvalue weighted by molar-refractivity contribution is 0.0941. The lowest BCUT2D eigenvalue weighted by Crippen LogP contribution is -2.30. The molecule has 0 aliphatic carbocycles. The highest BCUT2D eigenvalue weighted by Crippen LogP contribution is 2.14. The van der Waals surface area contributed by atoms with E-state index in [1.807, 2.05) is 0 Å². The van der Waals surface area contributed by atoms with Crippen LogP contribution in [0.3, 0.4) is 0 Å². The third-order valence-electron chi connectivity index (χ3n) is 3.04. The number of nitrogens with two attached hydrogens (primary N) is 1. The number of anilines is 1. The molecule has 4 N–H and O–H groups in total. The van der Waals surface area contributed by atoms with E-state index >= 15 is 0 Å². The summed E-state index contributed by atoms with van der Waals surface area (Å²) < 4.78 is 0. The van der Waals surface area contributed by atoms with Gasteiger partial charge in [-0.2, -0.15) is 0 Å². The van der Waals surface area contributed by atoms with Crippen LogP contribution in [0.4, 0.5) is 5.69 Å². The van der Waals surface area contributed by atoms with E-state index in [1.165, 1.54) is 0 Å². The SMILES string of the molecule is CC(C)CC(CCO)CNC(=O)c1cccc(N)c1. The molecule has 19 heavy (non-hydrogen) atoms. The maximum atomic E-state index is 12.0. The monoisotopic (exact) mass is 264 g/mol. The molecule has 1 rings (SSSR count). The fourth-order valence-electron chi connectivity index (χ4n) is 2.17. The molecule has 0 spiro atoms. The normalized spacial score (nSPS) is 12.4. The highest BCUT2D eigenvalue weighted by molar-refractivity contribution is 5.94. The number of nitrogen functional groups attached to an aromatic ring is 1. The summed E-state index contributed by atoms with van der Waals surface area (Å²) in [4.78, 5) is 12.0. The van der Waals surface area contributed by atoms with Gasteiger partial charge in [-0.25, -0.2) is 0 Å². The van der Waals surface area contributed by atoms with Crippen LogP contribution in [0.1, 0.15) is 37.0 Å². The van der Waals surface area contributed by atoms with Crippen LogP contribution in [0.25, 0.3) is 0 Å². The lowest BCUT2D eigenvalue weighted by atomic mass is 9.94. The number of benzene rings is 1. The Morgan fingerprint density at radius 1 is 1.42 bits per heavy atom. The van der Waals surface area contributed by atoms with E-state index in [1.54, 1.807) is 24.3 Å². The number of aliphatic hydroxyl groups is 1. The number of carbonyl (C=O) groups is 1. The maximum absolute atomic E-state index is 12.0. The summed E-state index contributed by atoms with van der Waals surface area (Å²) >= 11 is 0. The van der Waals surface area contributed by atoms with E-state index in [9.17, 15) is 4.79 Å². The molecule has 0 heterocycles. The maximum Gasteiger partial charge on any atom is 0.251 e. The Hall–Kier alpha value is -1.55. The highest BCUT2D eigenvalue weighted by Gasteiger charge is 2.13. The predicted molar refractivity (Wildman–Crippen MR) is 77.8 cm³/mol. The van der Waals surface area contributed by atoms with Crippen LogP contribution in [0.15, 0.2) is 24.3 Å². The lowest BCUT2D eigenvalue weighted by Gasteiger charge is -2.18. The van der Waals surface area contributed by atoms with Gasteiger partial charge in [0.1, 0.15) is 0 Å². The van der Waals surface area contributed by atoms with Crippen LogP contribution in [0.5, 0.6) is 0 Å². The second kappa shape index (κ2) is 7.79. The number of hydrogen-bond acceptors (Lipinski definition) is 3. The molecule has 1 amide bonds. The zero-order chi connectivity index (χ0) is 14.3. The number of amides is 1. The fourth-order valence-corrected chi connectivity index (χ4v) is 2.17. The molecular weight excluding hydrogens is 240 g/mol. The summed E-state index contributed by atoms with van der Waals surface area (Å²) in [5, 5.41) is 11.9. The van der Waals surface area contributed by atoms with Gasteiger partial charge in [-0.3, -0.25) is 4.79 Å². The molecule has 0 bridgehead atoms. The molecule has 106 valence electrons. The molecule has 0 radical (unpaired) electrons. The topological polar surface area (TPSA) is 75.3 Å². The van der Waals surface area contributed by atoms with Gasteiger partial charge >= 0.3 is 0 Å². The van der Waals surface area contributed by atoms with Gasteiger partial charge in [-0.1, -0.05) is 19.9 Å². The first-order valence-electron chi connectivity index (χ1n) is 6.77. The van der Waals surface area contributed by atoms with Crippen LogP contribution < -0.4 is 11.1 Å². The highest BCUT2D eigenvalue weighted by atomic mass is 16.3. The molecule has 0 aromatic heterocycles. The van der Waals surface area contributed by atoms with Crippen molar-refractivity contribution >= 4 is 11.6 Å². The first-order chi connectivity index (χ1) is 9.02. The van der Waals surface area contributed by atoms with E-state index < -0.39 is 0 Å². The first kappa shape index (κ1) is 15.5. The predicted octanol–water partition coefficient (Wildman–Crippen LogP) is 2.04. The van der Waals surface area contributed by atoms with Crippen LogP contribution in [-0.2, 0) is 0 Å². The standard InChI is InChI=1S/C15H24N2O2/c1-11(2)8-12(6-7-18)10-17-15(19)13-4-3-5-14(16)9-13/h3-5,9,11-12,18H,6-8,10,16H2,1-2H3,(H,17,19). The van der Waals surface area contributed by atoms with Crippen LogP contribution >= 0.6 is 0 Å². The molecule has 1 aromatic carbocycles. The minimum Gasteiger partial charge on any atom is -0.399 e. The quantitative estimate of drug-likeness (QED) is 0.660. The average Bonchev–Trinajstić information content (AvgIpc) is 2.35. The second-order valence-electron chi connectivity index (χ2n) is 5.34. The molecular formula is C15H24N2O2. The first-order valence-corrected chi connectivity index (χ1v) is 6.77. The number of nitrogens with one attached hydrogen (secondary N) is 1. The summed E-state index contributed by atoms with van der Waals surface area (Å²) in [5.41, 5.74) is 6.81. The largest absolute Gasteiger partial charge is 0.399 e. The van der Waals surface area contributed by atoms with Gasteiger partial charge in [-0.15, -0.1) is 0 Å². The summed E-state index contributed by atoms with van der Waals surface area (Å²) in [6.07, 6.45) is 1.72. The minimum atomic E-state index is -0.112. The minimum absolute atomic E-state index is 0.112. The molecule has 0 aliphatic rings. The average molecular weight is 264 g/mol. The molecule has 1 atom stereocenters. The fraction of sp³-hybridized carbons (Fsp3) is 0.533. The van der Waals surface area contributed by atoms with Crippen molar-refractivity contribution in [1.29, 1.82) is 0 Å². The third kappa shape index (κ3) is 5.75. The van der Waals surface area contributed by atoms with Gasteiger partial charge in [0.15, 0.2) is 0 Å². The van der Waals surface area contributed by atoms with Gasteiger partial charge in [0, 0.05) is 24.4 Å². The van der Waals surface area contributed by atoms with Crippen molar-refractivity contribution in [2.75, 3.05) is 18.9 Å². The van der Waals surface area contributed by atoms with Crippen molar-refractivity contribution in [2.24, 2.45) is 11.8 Å². The van der Waals surface area contributed by atoms with Crippen molar-refractivity contribution in [3.05, 3.63) is 29.8 Å². The summed E-state index contributed by atoms with van der Waals surface area (Å²) in [6, 6.07) is 6.93. The van der Waals surface area contributed by atoms with E-state index in [-0.39, 0.29) is 12.5 Å². The smallest absolute Gasteiger partial charge is 0.251 e. The molecule has 0 saturated heterocycles. The Balaban J connectivity index is 2.51. The second-order valence-corrected chi connectivity index (χ2v) is 5.34. The Labute approximate surface area is 115 Å². The van der Waals surface area contributed by atoms with Gasteiger partial charge in [0.05, 0.1) is 0 Å². The number of carbonyl (C=O) groups excluding carboxylic acids is 1. The number of aliphatic hydroxyl groups excluding tert-OH is 1. The molecule has 4 nitrogen and oxygen atoms in total. The van der Waals surface area contributed by atoms with E-state index in [2.05, 4.69) is 19.2 Å². The zero-order valence-corrected chi connectivity index (χ0v) is 11.7. The van der Waals surface area contributed by atoms with Crippen molar-refractivity contribution in [2.45, 2.75) is 26.7 Å². The van der Waals surface area contributed by atoms with Crippen LogP contribution in [0.2, 0.25) is 0 Å². The molecule has 0 saturated carbocycles. The van der Waals surface area contributed by atoms with Gasteiger partial charge in [0.2, 0.25) is 0 Å². The summed E-state index contributed by atoms with van der Waals surface area (Å²) in [5.74, 6) is 0.759. The van der Waals surface area contributed by atoms with Gasteiger partial charge < -0.3 is 16.2 Å². The van der Waals surface area contributed by atoms with E-state index in [4.69, 9.17) is 10.8 Å². The number of rotatable bonds is 7.